The molecule has 5 heavy (non-hydrogen) atoms. The molecule has 0 saturated heterocycles. The van der Waals surface area contributed by atoms with Crippen LogP contribution in [0.3, 0.4) is 0 Å². The van der Waals surface area contributed by atoms with Gasteiger partial charge in [-0.1, -0.05) is 0 Å². The summed E-state index contributed by atoms with van der Waals surface area (Å²) in [6.07, 6.45) is 0. The summed E-state index contributed by atoms with van der Waals surface area (Å²) in [5.74, 6) is 0. The second-order valence-corrected chi connectivity index (χ2v) is 1.01. The van der Waals surface area contributed by atoms with Crippen molar-refractivity contribution in [3.63, 3.8) is 0 Å². The van der Waals surface area contributed by atoms with Crippen LogP contribution in [0, 0.1) is 11.1 Å². The zero-order chi connectivity index (χ0) is 4.12. The maximum atomic E-state index is 6.03. The number of rotatable bonds is 2. The molecule has 0 amide bonds. The van der Waals surface area contributed by atoms with E-state index in [1.807, 2.05) is 0 Å². The Balaban J connectivity index is 2.65. The molecule has 29 valence electrons. The van der Waals surface area contributed by atoms with Gasteiger partial charge in [0.05, 0.1) is 0 Å². The third-order valence-corrected chi connectivity index (χ3v) is 0.312. The molecule has 0 aromatic rings. The quantitative estimate of drug-likeness (QED) is 0.395. The van der Waals surface area contributed by atoms with Crippen LogP contribution in [0.5, 0.6) is 0 Å². The second-order valence-electron chi connectivity index (χ2n) is 0.245. The second kappa shape index (κ2) is 3.72. The van der Waals surface area contributed by atoms with E-state index in [4.69, 9.17) is 11.1 Å². The number of nitrogens with zero attached hydrogens (tertiary/aromatic N) is 2. The van der Waals surface area contributed by atoms with Crippen LogP contribution in [0.4, 0.5) is 0 Å². The van der Waals surface area contributed by atoms with Crippen LogP contribution >= 0.6 is 0 Å². The van der Waals surface area contributed by atoms with Crippen LogP contribution in [0.1, 0.15) is 0 Å². The first kappa shape index (κ1) is 4.72. The van der Waals surface area contributed by atoms with E-state index in [0.29, 0.717) is 0 Å². The van der Waals surface area contributed by atoms with Crippen molar-refractivity contribution in [2.75, 3.05) is 0 Å². The van der Waals surface area contributed by atoms with E-state index in [2.05, 4.69) is 8.26 Å². The molecule has 0 saturated carbocycles. The molecule has 0 spiro atoms. The van der Waals surface area contributed by atoms with E-state index in [9.17, 15) is 0 Å². The van der Waals surface area contributed by atoms with Crippen LogP contribution in [-0.2, 0) is 15.4 Å². The molecule has 4 nitrogen and oxygen atoms in total. The topological polar surface area (TPSA) is 72.4 Å². The van der Waals surface area contributed by atoms with Crippen molar-refractivity contribution in [3.8, 4) is 0 Å². The molecule has 2 N–H and O–H groups in total. The van der Waals surface area contributed by atoms with Gasteiger partial charge in [0.1, 0.15) is 0 Å². The molecule has 0 atom stereocenters. The fraction of sp³-hybridized carbons (Fsp3) is 0. The van der Waals surface area contributed by atoms with Gasteiger partial charge in [0, 0.05) is 0 Å². The van der Waals surface area contributed by atoms with Gasteiger partial charge in [-0.3, -0.25) is 0 Å². The van der Waals surface area contributed by atoms with Crippen LogP contribution in [-0.4, -0.2) is 0 Å². The summed E-state index contributed by atoms with van der Waals surface area (Å²) in [6, 6.07) is 0. The van der Waals surface area contributed by atoms with Crippen LogP contribution in [0.2, 0.25) is 0 Å². The Labute approximate surface area is 35.6 Å². The molecule has 0 aliphatic rings. The van der Waals surface area contributed by atoms with Crippen molar-refractivity contribution in [1.29, 1.82) is 11.1 Å². The van der Waals surface area contributed by atoms with Gasteiger partial charge < -0.3 is 0 Å². The molecule has 0 aromatic heterocycles. The summed E-state index contributed by atoms with van der Waals surface area (Å²) in [6.45, 7) is 0. The standard InChI is InChI=1S/Mn.2HN2/c;2*1-2/h;2*1H/q+2;2*-1. The van der Waals surface area contributed by atoms with Crippen molar-refractivity contribution in [2.24, 2.45) is 8.26 Å². The minimum absolute atomic E-state index is 0.243. The van der Waals surface area contributed by atoms with Crippen molar-refractivity contribution in [1.82, 2.24) is 0 Å². The Hall–Kier alpha value is -0.281. The van der Waals surface area contributed by atoms with Gasteiger partial charge in [0.25, 0.3) is 0 Å². The Morgan fingerprint density at radius 2 is 1.60 bits per heavy atom. The molecule has 0 aliphatic heterocycles. The SMILES string of the molecule is N=[N][Mn][N]=N. The van der Waals surface area contributed by atoms with E-state index in [1.54, 1.807) is 0 Å². The molecule has 0 aromatic carbocycles. The van der Waals surface area contributed by atoms with E-state index >= 15 is 0 Å². The maximum absolute atomic E-state index is 6.03. The zero-order valence-corrected chi connectivity index (χ0v) is 3.45. The molecular weight excluding hydrogens is 111 g/mol. The average molecular weight is 113 g/mol. The van der Waals surface area contributed by atoms with Gasteiger partial charge in [-0.2, -0.15) is 0 Å². The Morgan fingerprint density at radius 1 is 1.20 bits per heavy atom. The summed E-state index contributed by atoms with van der Waals surface area (Å²) < 4.78 is 5.56. The van der Waals surface area contributed by atoms with Gasteiger partial charge in [-0.05, 0) is 0 Å². The minimum atomic E-state index is -0.243. The Kier molecular flexibility index (Phi) is 3.51. The van der Waals surface area contributed by atoms with Crippen LogP contribution < -0.4 is 0 Å². The zero-order valence-electron chi connectivity index (χ0n) is 2.27. The molecule has 0 heterocycles. The first-order valence-corrected chi connectivity index (χ1v) is 1.84. The van der Waals surface area contributed by atoms with Gasteiger partial charge in [0.15, 0.2) is 0 Å². The third-order valence-electron chi connectivity index (χ3n) is 0.0756. The van der Waals surface area contributed by atoms with Crippen molar-refractivity contribution in [3.05, 3.63) is 0 Å². The van der Waals surface area contributed by atoms with Crippen LogP contribution in [0.15, 0.2) is 8.26 Å². The summed E-state index contributed by atoms with van der Waals surface area (Å²) in [4.78, 5) is 0. The van der Waals surface area contributed by atoms with E-state index in [0.717, 1.165) is 0 Å². The molecule has 5 heteroatoms. The summed E-state index contributed by atoms with van der Waals surface area (Å²) in [7, 11) is 0. The fourth-order valence-electron chi connectivity index (χ4n) is 0.0189. The first-order valence-electron chi connectivity index (χ1n) is 0.785. The fourth-order valence-corrected chi connectivity index (χ4v) is 0.0779. The number of nitrogens with one attached hydrogen (secondary N) is 2. The average Bonchev–Trinajstić information content (AvgIpc) is 1.41. The Bertz CT molecular complexity index is 32.9. The molecule has 0 unspecified atom stereocenters. The summed E-state index contributed by atoms with van der Waals surface area (Å²) >= 11 is -0.243. The summed E-state index contributed by atoms with van der Waals surface area (Å²) in [5, 5.41) is 0. The normalized spacial score (nSPS) is 6.40. The van der Waals surface area contributed by atoms with Crippen LogP contribution in [0.25, 0.3) is 0 Å². The van der Waals surface area contributed by atoms with E-state index < -0.39 is 0 Å². The molecule has 0 radical (unpaired) electrons. The molecule has 0 rings (SSSR count). The predicted octanol–water partition coefficient (Wildman–Crippen LogP) is 0.961. The summed E-state index contributed by atoms with van der Waals surface area (Å²) in [5.41, 5.74) is 12.1. The predicted molar refractivity (Wildman–Crippen MR) is 10.3 cm³/mol. The van der Waals surface area contributed by atoms with Crippen molar-refractivity contribution < 1.29 is 15.4 Å². The molecule has 0 fully saturated rings. The van der Waals surface area contributed by atoms with Crippen molar-refractivity contribution >= 4 is 0 Å². The monoisotopic (exact) mass is 113 g/mol. The molecule has 0 bridgehead atoms. The Morgan fingerprint density at radius 3 is 1.60 bits per heavy atom. The van der Waals surface area contributed by atoms with E-state index in [-0.39, 0.29) is 15.4 Å². The first-order chi connectivity index (χ1) is 2.41. The number of hydrogen-bond acceptors (Lipinski definition) is 4. The van der Waals surface area contributed by atoms with Gasteiger partial charge in [-0.15, -0.1) is 0 Å². The van der Waals surface area contributed by atoms with Gasteiger partial charge >= 0.3 is 34.7 Å². The molecular formula is H2MnN4. The van der Waals surface area contributed by atoms with Gasteiger partial charge in [-0.25, -0.2) is 0 Å². The molecule has 0 aliphatic carbocycles. The number of hydrogen-bond donors (Lipinski definition) is 2. The van der Waals surface area contributed by atoms with Crippen molar-refractivity contribution in [2.45, 2.75) is 0 Å². The van der Waals surface area contributed by atoms with E-state index in [1.165, 1.54) is 0 Å². The van der Waals surface area contributed by atoms with Gasteiger partial charge in [0.2, 0.25) is 0 Å². The third kappa shape index (κ3) is 3.72.